The number of aromatic nitrogens is 1. The van der Waals surface area contributed by atoms with E-state index in [9.17, 15) is 9.70 Å². The number of rotatable bonds is 6. The Labute approximate surface area is 122 Å². The minimum atomic E-state index is -0.0508. The minimum absolute atomic E-state index is 0.0508. The summed E-state index contributed by atoms with van der Waals surface area (Å²) in [4.78, 5) is 22.3. The summed E-state index contributed by atoms with van der Waals surface area (Å²) >= 11 is 5.84. The van der Waals surface area contributed by atoms with Crippen LogP contribution >= 0.6 is 11.6 Å². The first-order valence-electron chi connectivity index (χ1n) is 6.42. The molecule has 0 N–H and O–H groups in total. The van der Waals surface area contributed by atoms with Gasteiger partial charge in [0.1, 0.15) is 0 Å². The highest BCUT2D eigenvalue weighted by Gasteiger charge is 2.04. The molecule has 0 bridgehead atoms. The third-order valence-corrected chi connectivity index (χ3v) is 3.38. The van der Waals surface area contributed by atoms with Crippen LogP contribution in [0.4, 0.5) is 0 Å². The summed E-state index contributed by atoms with van der Waals surface area (Å²) in [5, 5.41) is 3.49. The fourth-order valence-electron chi connectivity index (χ4n) is 2.03. The van der Waals surface area contributed by atoms with E-state index in [0.717, 1.165) is 17.5 Å². The standard InChI is InChI=1S/C15H15ClN2O2/c16-14-7-4-12(5-8-14)3-6-13-2-1-10-18(15(13)19)11-9-17-20/h1-2,4-5,7-8,10H,3,6,9,11H2. The van der Waals surface area contributed by atoms with Crippen molar-refractivity contribution in [3.63, 3.8) is 0 Å². The van der Waals surface area contributed by atoms with Crippen LogP contribution in [0, 0.1) is 4.91 Å². The highest BCUT2D eigenvalue weighted by molar-refractivity contribution is 6.30. The van der Waals surface area contributed by atoms with Gasteiger partial charge in [0.2, 0.25) is 0 Å². The lowest BCUT2D eigenvalue weighted by molar-refractivity contribution is 0.669. The molecule has 0 aliphatic heterocycles. The maximum atomic E-state index is 12.1. The van der Waals surface area contributed by atoms with Crippen molar-refractivity contribution in [2.75, 3.05) is 6.54 Å². The van der Waals surface area contributed by atoms with Crippen LogP contribution in [0.15, 0.2) is 52.6 Å². The van der Waals surface area contributed by atoms with Crippen molar-refractivity contribution in [1.82, 2.24) is 4.57 Å². The van der Waals surface area contributed by atoms with Gasteiger partial charge in [-0.3, -0.25) is 4.79 Å². The van der Waals surface area contributed by atoms with E-state index in [1.54, 1.807) is 6.20 Å². The Kier molecular flexibility index (Phi) is 5.07. The molecular formula is C15H15ClN2O2. The third kappa shape index (κ3) is 3.78. The number of halogens is 1. The fraction of sp³-hybridized carbons (Fsp3) is 0.267. The van der Waals surface area contributed by atoms with Crippen LogP contribution in [0.5, 0.6) is 0 Å². The van der Waals surface area contributed by atoms with Gasteiger partial charge >= 0.3 is 0 Å². The summed E-state index contributed by atoms with van der Waals surface area (Å²) in [6.45, 7) is 0.442. The largest absolute Gasteiger partial charge is 0.313 e. The highest BCUT2D eigenvalue weighted by Crippen LogP contribution is 2.11. The van der Waals surface area contributed by atoms with Gasteiger partial charge in [-0.25, -0.2) is 0 Å². The van der Waals surface area contributed by atoms with Gasteiger partial charge in [0.05, 0.1) is 6.54 Å². The van der Waals surface area contributed by atoms with Gasteiger partial charge in [0.25, 0.3) is 5.56 Å². The number of hydrogen-bond acceptors (Lipinski definition) is 3. The van der Waals surface area contributed by atoms with Crippen LogP contribution in [0.3, 0.4) is 0 Å². The molecule has 0 saturated heterocycles. The SMILES string of the molecule is O=NCCn1cccc(CCc2ccc(Cl)cc2)c1=O. The van der Waals surface area contributed by atoms with Crippen LogP contribution < -0.4 is 5.56 Å². The van der Waals surface area contributed by atoms with E-state index >= 15 is 0 Å². The molecule has 0 aliphatic carbocycles. The molecule has 5 heteroatoms. The summed E-state index contributed by atoms with van der Waals surface area (Å²) in [6.07, 6.45) is 3.12. The molecule has 0 saturated carbocycles. The van der Waals surface area contributed by atoms with Crippen molar-refractivity contribution in [1.29, 1.82) is 0 Å². The smallest absolute Gasteiger partial charge is 0.253 e. The molecule has 1 aromatic heterocycles. The van der Waals surface area contributed by atoms with Crippen molar-refractivity contribution in [2.24, 2.45) is 5.18 Å². The Morgan fingerprint density at radius 1 is 1.10 bits per heavy atom. The second-order valence-electron chi connectivity index (χ2n) is 4.51. The number of pyridine rings is 1. The Morgan fingerprint density at radius 2 is 1.85 bits per heavy atom. The molecule has 20 heavy (non-hydrogen) atoms. The van der Waals surface area contributed by atoms with Crippen molar-refractivity contribution in [3.05, 3.63) is 74.0 Å². The van der Waals surface area contributed by atoms with Gasteiger partial charge in [0, 0.05) is 23.3 Å². The molecular weight excluding hydrogens is 276 g/mol. The van der Waals surface area contributed by atoms with E-state index in [1.807, 2.05) is 36.4 Å². The molecule has 104 valence electrons. The lowest BCUT2D eigenvalue weighted by Gasteiger charge is -2.06. The molecule has 2 aromatic rings. The minimum Gasteiger partial charge on any atom is -0.313 e. The third-order valence-electron chi connectivity index (χ3n) is 3.13. The van der Waals surface area contributed by atoms with Crippen LogP contribution in [-0.4, -0.2) is 11.1 Å². The van der Waals surface area contributed by atoms with Gasteiger partial charge in [-0.05, 0) is 36.6 Å². The van der Waals surface area contributed by atoms with E-state index in [1.165, 1.54) is 4.57 Å². The van der Waals surface area contributed by atoms with E-state index in [4.69, 9.17) is 11.6 Å². The molecule has 0 atom stereocenters. The summed E-state index contributed by atoms with van der Waals surface area (Å²) in [5.74, 6) is 0. The van der Waals surface area contributed by atoms with E-state index in [0.29, 0.717) is 18.0 Å². The molecule has 1 aromatic carbocycles. The first-order chi connectivity index (χ1) is 9.70. The van der Waals surface area contributed by atoms with E-state index in [2.05, 4.69) is 5.18 Å². The highest BCUT2D eigenvalue weighted by atomic mass is 35.5. The van der Waals surface area contributed by atoms with Gasteiger partial charge in [0.15, 0.2) is 0 Å². The summed E-state index contributed by atoms with van der Waals surface area (Å²) < 4.78 is 1.53. The Hall–Kier alpha value is -1.94. The number of benzene rings is 1. The predicted molar refractivity (Wildman–Crippen MR) is 80.2 cm³/mol. The van der Waals surface area contributed by atoms with Crippen molar-refractivity contribution in [3.8, 4) is 0 Å². The quantitative estimate of drug-likeness (QED) is 0.768. The molecule has 1 heterocycles. The van der Waals surface area contributed by atoms with E-state index < -0.39 is 0 Å². The average molecular weight is 291 g/mol. The summed E-state index contributed by atoms with van der Waals surface area (Å²) in [6, 6.07) is 11.2. The van der Waals surface area contributed by atoms with Crippen molar-refractivity contribution < 1.29 is 0 Å². The average Bonchev–Trinajstić information content (AvgIpc) is 2.47. The Bertz CT molecular complexity index is 635. The maximum absolute atomic E-state index is 12.1. The predicted octanol–water partition coefficient (Wildman–Crippen LogP) is 3.05. The van der Waals surface area contributed by atoms with Gasteiger partial charge in [-0.2, -0.15) is 4.91 Å². The first kappa shape index (κ1) is 14.5. The Morgan fingerprint density at radius 3 is 2.55 bits per heavy atom. The Balaban J connectivity index is 2.07. The molecule has 0 unspecified atom stereocenters. The zero-order valence-electron chi connectivity index (χ0n) is 11.0. The molecule has 0 fully saturated rings. The lowest BCUT2D eigenvalue weighted by Crippen LogP contribution is -2.24. The van der Waals surface area contributed by atoms with Crippen molar-refractivity contribution in [2.45, 2.75) is 19.4 Å². The topological polar surface area (TPSA) is 51.4 Å². The van der Waals surface area contributed by atoms with Crippen LogP contribution in [0.1, 0.15) is 11.1 Å². The monoisotopic (exact) mass is 290 g/mol. The zero-order valence-corrected chi connectivity index (χ0v) is 11.7. The van der Waals surface area contributed by atoms with E-state index in [-0.39, 0.29) is 12.1 Å². The molecule has 0 aliphatic rings. The van der Waals surface area contributed by atoms with Gasteiger partial charge < -0.3 is 4.57 Å². The lowest BCUT2D eigenvalue weighted by atomic mass is 10.1. The first-order valence-corrected chi connectivity index (χ1v) is 6.80. The summed E-state index contributed by atoms with van der Waals surface area (Å²) in [7, 11) is 0. The number of nitroso groups, excluding NO2 is 1. The van der Waals surface area contributed by atoms with Crippen LogP contribution in [0.2, 0.25) is 5.02 Å². The molecule has 0 radical (unpaired) electrons. The van der Waals surface area contributed by atoms with Crippen LogP contribution in [0.25, 0.3) is 0 Å². The summed E-state index contributed by atoms with van der Waals surface area (Å²) in [5.41, 5.74) is 1.83. The second-order valence-corrected chi connectivity index (χ2v) is 4.95. The van der Waals surface area contributed by atoms with Gasteiger partial charge in [-0.1, -0.05) is 35.0 Å². The van der Waals surface area contributed by atoms with Crippen molar-refractivity contribution >= 4 is 11.6 Å². The fourth-order valence-corrected chi connectivity index (χ4v) is 2.16. The number of hydrogen-bond donors (Lipinski definition) is 0. The zero-order chi connectivity index (χ0) is 14.4. The molecule has 0 spiro atoms. The maximum Gasteiger partial charge on any atom is 0.253 e. The molecule has 2 rings (SSSR count). The number of aryl methyl sites for hydroxylation is 2. The molecule has 4 nitrogen and oxygen atoms in total. The molecule has 0 amide bonds. The number of nitrogens with zero attached hydrogens (tertiary/aromatic N) is 2. The van der Waals surface area contributed by atoms with Gasteiger partial charge in [-0.15, -0.1) is 0 Å². The second kappa shape index (κ2) is 7.01. The van der Waals surface area contributed by atoms with Crippen LogP contribution in [-0.2, 0) is 19.4 Å². The normalized spacial score (nSPS) is 10.4.